The number of nitrogens with zero attached hydrogens (tertiary/aromatic N) is 1. The number of benzene rings is 2. The fourth-order valence-corrected chi connectivity index (χ4v) is 2.46. The quantitative estimate of drug-likeness (QED) is 0.788. The van der Waals surface area contributed by atoms with Crippen LogP contribution in [0.2, 0.25) is 0 Å². The van der Waals surface area contributed by atoms with Gasteiger partial charge in [0.25, 0.3) is 0 Å². The highest BCUT2D eigenvalue weighted by atomic mass is 19.2. The maximum Gasteiger partial charge on any atom is 0.207 e. The number of halogens is 3. The standard InChI is InChI=1S/C17H9F3N2O/c18-13-4-2-1-3-9(13)5-11-15(20)14(19)6-12-16(11)22-8-10(7-21)17(12)23/h1-4,6,8H,5H2,(H,22,23). The minimum atomic E-state index is -1.22. The van der Waals surface area contributed by atoms with E-state index >= 15 is 0 Å². The maximum atomic E-state index is 14.2. The van der Waals surface area contributed by atoms with E-state index in [0.29, 0.717) is 0 Å². The van der Waals surface area contributed by atoms with E-state index < -0.39 is 22.9 Å². The summed E-state index contributed by atoms with van der Waals surface area (Å²) in [5, 5.41) is 8.71. The van der Waals surface area contributed by atoms with Gasteiger partial charge in [0.1, 0.15) is 17.4 Å². The second-order valence-corrected chi connectivity index (χ2v) is 4.98. The van der Waals surface area contributed by atoms with Crippen molar-refractivity contribution in [1.29, 1.82) is 5.26 Å². The van der Waals surface area contributed by atoms with Crippen molar-refractivity contribution in [2.24, 2.45) is 0 Å². The summed E-state index contributed by atoms with van der Waals surface area (Å²) >= 11 is 0. The zero-order chi connectivity index (χ0) is 16.6. The fourth-order valence-electron chi connectivity index (χ4n) is 2.46. The van der Waals surface area contributed by atoms with Gasteiger partial charge in [0.2, 0.25) is 5.43 Å². The molecule has 0 amide bonds. The predicted molar refractivity (Wildman–Crippen MR) is 78.4 cm³/mol. The van der Waals surface area contributed by atoms with Crippen molar-refractivity contribution in [3.8, 4) is 6.07 Å². The van der Waals surface area contributed by atoms with Gasteiger partial charge in [0, 0.05) is 18.2 Å². The molecule has 114 valence electrons. The summed E-state index contributed by atoms with van der Waals surface area (Å²) in [5.41, 5.74) is -0.846. The molecule has 0 fully saturated rings. The first-order valence-electron chi connectivity index (χ1n) is 6.68. The minimum absolute atomic E-state index is 0.0520. The van der Waals surface area contributed by atoms with Crippen LogP contribution in [0.3, 0.4) is 0 Å². The van der Waals surface area contributed by atoms with Crippen LogP contribution in [0.15, 0.2) is 41.3 Å². The molecule has 0 saturated heterocycles. The van der Waals surface area contributed by atoms with Gasteiger partial charge in [-0.1, -0.05) is 18.2 Å². The Morgan fingerprint density at radius 3 is 2.57 bits per heavy atom. The molecule has 23 heavy (non-hydrogen) atoms. The first-order chi connectivity index (χ1) is 11.0. The van der Waals surface area contributed by atoms with Crippen molar-refractivity contribution in [3.63, 3.8) is 0 Å². The third-order valence-corrected chi connectivity index (χ3v) is 3.61. The Bertz CT molecular complexity index is 1020. The Morgan fingerprint density at radius 2 is 1.87 bits per heavy atom. The van der Waals surface area contributed by atoms with E-state index in [0.717, 1.165) is 12.3 Å². The Hall–Kier alpha value is -3.07. The van der Waals surface area contributed by atoms with Crippen LogP contribution in [0.5, 0.6) is 0 Å². The van der Waals surface area contributed by atoms with Crippen molar-refractivity contribution in [1.82, 2.24) is 4.98 Å². The molecule has 1 N–H and O–H groups in total. The summed E-state index contributed by atoms with van der Waals surface area (Å²) < 4.78 is 41.8. The molecule has 0 saturated carbocycles. The predicted octanol–water partition coefficient (Wildman–Crippen LogP) is 3.41. The molecule has 0 radical (unpaired) electrons. The van der Waals surface area contributed by atoms with Crippen LogP contribution >= 0.6 is 0 Å². The van der Waals surface area contributed by atoms with Gasteiger partial charge in [0.15, 0.2) is 11.6 Å². The summed E-state index contributed by atoms with van der Waals surface area (Å²) in [6.07, 6.45) is 0.904. The van der Waals surface area contributed by atoms with E-state index in [1.807, 2.05) is 0 Å². The molecule has 0 spiro atoms. The molecule has 1 aromatic heterocycles. The highest BCUT2D eigenvalue weighted by molar-refractivity contribution is 5.83. The lowest BCUT2D eigenvalue weighted by Crippen LogP contribution is -2.11. The number of nitrogens with one attached hydrogen (secondary N) is 1. The van der Waals surface area contributed by atoms with Gasteiger partial charge in [-0.25, -0.2) is 13.2 Å². The molecule has 3 rings (SSSR count). The lowest BCUT2D eigenvalue weighted by atomic mass is 9.99. The average molecular weight is 314 g/mol. The number of nitriles is 1. The van der Waals surface area contributed by atoms with Crippen molar-refractivity contribution in [2.45, 2.75) is 6.42 Å². The highest BCUT2D eigenvalue weighted by Gasteiger charge is 2.18. The SMILES string of the molecule is N#Cc1c[nH]c2c(Cc3ccccc3F)c(F)c(F)cc2c1=O. The monoisotopic (exact) mass is 314 g/mol. The molecule has 1 heterocycles. The number of fused-ring (bicyclic) bond motifs is 1. The third kappa shape index (κ3) is 2.46. The topological polar surface area (TPSA) is 56.6 Å². The second kappa shape index (κ2) is 5.61. The smallest absolute Gasteiger partial charge is 0.207 e. The Labute approximate surface area is 128 Å². The molecular formula is C17H9F3N2O. The molecule has 0 unspecified atom stereocenters. The van der Waals surface area contributed by atoms with E-state index in [4.69, 9.17) is 5.26 Å². The van der Waals surface area contributed by atoms with E-state index in [-0.39, 0.29) is 34.0 Å². The van der Waals surface area contributed by atoms with Crippen LogP contribution < -0.4 is 5.43 Å². The summed E-state index contributed by atoms with van der Waals surface area (Å²) in [5.74, 6) is -2.93. The van der Waals surface area contributed by atoms with Crippen LogP contribution in [0.25, 0.3) is 10.9 Å². The van der Waals surface area contributed by atoms with Gasteiger partial charge in [-0.05, 0) is 17.7 Å². The van der Waals surface area contributed by atoms with Gasteiger partial charge < -0.3 is 4.98 Å². The number of H-pyrrole nitrogens is 1. The number of hydrogen-bond donors (Lipinski definition) is 1. The van der Waals surface area contributed by atoms with Crippen molar-refractivity contribution in [3.05, 3.63) is 80.9 Å². The molecule has 3 aromatic rings. The molecule has 3 nitrogen and oxygen atoms in total. The van der Waals surface area contributed by atoms with E-state index in [1.54, 1.807) is 12.1 Å². The molecule has 2 aromatic carbocycles. The average Bonchev–Trinajstić information content (AvgIpc) is 2.54. The summed E-state index contributed by atoms with van der Waals surface area (Å²) in [4.78, 5) is 14.7. The Morgan fingerprint density at radius 1 is 1.13 bits per heavy atom. The van der Waals surface area contributed by atoms with Crippen LogP contribution in [-0.4, -0.2) is 4.98 Å². The van der Waals surface area contributed by atoms with Gasteiger partial charge in [-0.2, -0.15) is 5.26 Å². The van der Waals surface area contributed by atoms with Crippen LogP contribution in [0.1, 0.15) is 16.7 Å². The zero-order valence-electron chi connectivity index (χ0n) is 11.7. The van der Waals surface area contributed by atoms with Gasteiger partial charge >= 0.3 is 0 Å². The minimum Gasteiger partial charge on any atom is -0.359 e. The summed E-state index contributed by atoms with van der Waals surface area (Å²) in [7, 11) is 0. The van der Waals surface area contributed by atoms with Gasteiger partial charge in [-0.3, -0.25) is 4.79 Å². The second-order valence-electron chi connectivity index (χ2n) is 4.98. The Kier molecular flexibility index (Phi) is 3.62. The van der Waals surface area contributed by atoms with Crippen LogP contribution in [0.4, 0.5) is 13.2 Å². The first kappa shape index (κ1) is 14.9. The van der Waals surface area contributed by atoms with E-state index in [9.17, 15) is 18.0 Å². The lowest BCUT2D eigenvalue weighted by Gasteiger charge is -2.10. The highest BCUT2D eigenvalue weighted by Crippen LogP contribution is 2.24. The van der Waals surface area contributed by atoms with Crippen molar-refractivity contribution < 1.29 is 13.2 Å². The molecule has 0 bridgehead atoms. The van der Waals surface area contributed by atoms with Crippen molar-refractivity contribution >= 4 is 10.9 Å². The summed E-state index contributed by atoms with van der Waals surface area (Å²) in [6.45, 7) is 0. The zero-order valence-corrected chi connectivity index (χ0v) is 11.7. The number of pyridine rings is 1. The number of aromatic nitrogens is 1. The number of hydrogen-bond acceptors (Lipinski definition) is 2. The number of aromatic amines is 1. The molecular weight excluding hydrogens is 305 g/mol. The molecule has 0 atom stereocenters. The van der Waals surface area contributed by atoms with E-state index in [2.05, 4.69) is 4.98 Å². The number of rotatable bonds is 2. The third-order valence-electron chi connectivity index (χ3n) is 3.61. The maximum absolute atomic E-state index is 14.2. The normalized spacial score (nSPS) is 10.7. The first-order valence-corrected chi connectivity index (χ1v) is 6.68. The molecule has 0 aliphatic heterocycles. The lowest BCUT2D eigenvalue weighted by molar-refractivity contribution is 0.502. The largest absolute Gasteiger partial charge is 0.359 e. The molecule has 0 aliphatic rings. The molecule has 6 heteroatoms. The van der Waals surface area contributed by atoms with Crippen molar-refractivity contribution in [2.75, 3.05) is 0 Å². The fraction of sp³-hybridized carbons (Fsp3) is 0.0588. The van der Waals surface area contributed by atoms with Gasteiger partial charge in [-0.15, -0.1) is 0 Å². The van der Waals surface area contributed by atoms with E-state index in [1.165, 1.54) is 18.2 Å². The Balaban J connectivity index is 2.30. The van der Waals surface area contributed by atoms with Crippen LogP contribution in [0, 0.1) is 28.8 Å². The molecule has 0 aliphatic carbocycles. The summed E-state index contributed by atoms with van der Waals surface area (Å²) in [6, 6.07) is 8.15. The van der Waals surface area contributed by atoms with Gasteiger partial charge in [0.05, 0.1) is 10.9 Å². The van der Waals surface area contributed by atoms with Crippen LogP contribution in [-0.2, 0) is 6.42 Å².